The number of amides is 1. The lowest BCUT2D eigenvalue weighted by atomic mass is 10.2. The van der Waals surface area contributed by atoms with Crippen LogP contribution in [0.2, 0.25) is 5.02 Å². The number of nitrogens with two attached hydrogens (primary N) is 1. The molecule has 6 heteroatoms. The first-order valence-electron chi connectivity index (χ1n) is 6.54. The molecule has 0 saturated heterocycles. The van der Waals surface area contributed by atoms with Gasteiger partial charge in [-0.1, -0.05) is 25.4 Å². The standard InChI is InChI=1S/C14H21ClN2O2S/c1-9(2)6-7-20(19)10(3)14(18)17-13-5-4-11(16)8-12(13)15/h4-5,8-10H,6-7,16H2,1-3H3,(H,17,18). The molecule has 3 N–H and O–H groups in total. The molecular formula is C14H21ClN2O2S. The van der Waals surface area contributed by atoms with Crippen molar-refractivity contribution in [1.29, 1.82) is 0 Å². The van der Waals surface area contributed by atoms with Crippen molar-refractivity contribution in [3.63, 3.8) is 0 Å². The maximum atomic E-state index is 12.0. The highest BCUT2D eigenvalue weighted by Gasteiger charge is 2.20. The molecule has 0 bridgehead atoms. The first-order chi connectivity index (χ1) is 9.31. The Hall–Kier alpha value is -1.07. The number of nitrogen functional groups attached to an aromatic ring is 1. The van der Waals surface area contributed by atoms with E-state index in [0.29, 0.717) is 28.1 Å². The lowest BCUT2D eigenvalue weighted by Gasteiger charge is -2.14. The van der Waals surface area contributed by atoms with Crippen LogP contribution in [0, 0.1) is 5.92 Å². The van der Waals surface area contributed by atoms with Crippen LogP contribution in [0.3, 0.4) is 0 Å². The van der Waals surface area contributed by atoms with E-state index < -0.39 is 16.0 Å². The maximum Gasteiger partial charge on any atom is 0.239 e. The third-order valence-electron chi connectivity index (χ3n) is 2.91. The number of hydrogen-bond acceptors (Lipinski definition) is 3. The third-order valence-corrected chi connectivity index (χ3v) is 4.86. The zero-order valence-electron chi connectivity index (χ0n) is 12.0. The Morgan fingerprint density at radius 2 is 2.05 bits per heavy atom. The Morgan fingerprint density at radius 3 is 2.60 bits per heavy atom. The normalized spacial score (nSPS) is 14.1. The van der Waals surface area contributed by atoms with Gasteiger partial charge in [-0.2, -0.15) is 0 Å². The summed E-state index contributed by atoms with van der Waals surface area (Å²) < 4.78 is 12.0. The molecule has 0 aliphatic rings. The molecule has 1 aromatic carbocycles. The van der Waals surface area contributed by atoms with E-state index in [0.717, 1.165) is 6.42 Å². The lowest BCUT2D eigenvalue weighted by Crippen LogP contribution is -2.30. The average molecular weight is 317 g/mol. The molecule has 0 radical (unpaired) electrons. The van der Waals surface area contributed by atoms with Crippen LogP contribution in [0.1, 0.15) is 27.2 Å². The summed E-state index contributed by atoms with van der Waals surface area (Å²) >= 11 is 5.99. The molecule has 20 heavy (non-hydrogen) atoms. The van der Waals surface area contributed by atoms with E-state index in [1.165, 1.54) is 0 Å². The SMILES string of the molecule is CC(C)CCS(=O)C(C)C(=O)Nc1ccc(N)cc1Cl. The van der Waals surface area contributed by atoms with Crippen LogP contribution in [-0.2, 0) is 15.6 Å². The Balaban J connectivity index is 2.63. The van der Waals surface area contributed by atoms with Crippen LogP contribution in [-0.4, -0.2) is 21.1 Å². The Labute approximate surface area is 127 Å². The van der Waals surface area contributed by atoms with E-state index in [4.69, 9.17) is 17.3 Å². The minimum Gasteiger partial charge on any atom is -0.399 e. The fraction of sp³-hybridized carbons (Fsp3) is 0.500. The second-order valence-corrected chi connectivity index (χ2v) is 7.42. The second kappa shape index (κ2) is 7.64. The van der Waals surface area contributed by atoms with Crippen molar-refractivity contribution in [3.8, 4) is 0 Å². The fourth-order valence-electron chi connectivity index (χ4n) is 1.52. The minimum atomic E-state index is -1.18. The molecule has 1 amide bonds. The Bertz CT molecular complexity index is 506. The van der Waals surface area contributed by atoms with Gasteiger partial charge in [0.2, 0.25) is 5.91 Å². The van der Waals surface area contributed by atoms with Crippen LogP contribution < -0.4 is 11.1 Å². The van der Waals surface area contributed by atoms with E-state index in [-0.39, 0.29) is 5.91 Å². The van der Waals surface area contributed by atoms with Crippen LogP contribution in [0.15, 0.2) is 18.2 Å². The summed E-state index contributed by atoms with van der Waals surface area (Å²) in [6.07, 6.45) is 0.840. The van der Waals surface area contributed by atoms with Crippen molar-refractivity contribution in [3.05, 3.63) is 23.2 Å². The number of benzene rings is 1. The number of nitrogens with one attached hydrogen (secondary N) is 1. The summed E-state index contributed by atoms with van der Waals surface area (Å²) in [5, 5.41) is 2.49. The van der Waals surface area contributed by atoms with Crippen LogP contribution in [0.4, 0.5) is 11.4 Å². The number of anilines is 2. The van der Waals surface area contributed by atoms with Gasteiger partial charge in [0.25, 0.3) is 0 Å². The fourth-order valence-corrected chi connectivity index (χ4v) is 3.11. The molecule has 0 saturated carbocycles. The quantitative estimate of drug-likeness (QED) is 0.792. The van der Waals surface area contributed by atoms with Gasteiger partial charge >= 0.3 is 0 Å². The number of carbonyl (C=O) groups excluding carboxylic acids is 1. The highest BCUT2D eigenvalue weighted by Crippen LogP contribution is 2.24. The monoisotopic (exact) mass is 316 g/mol. The molecule has 1 aromatic rings. The van der Waals surface area contributed by atoms with Gasteiger partial charge in [-0.3, -0.25) is 9.00 Å². The van der Waals surface area contributed by atoms with E-state index in [9.17, 15) is 9.00 Å². The Morgan fingerprint density at radius 1 is 1.40 bits per heavy atom. The largest absolute Gasteiger partial charge is 0.399 e. The van der Waals surface area contributed by atoms with Gasteiger partial charge in [0, 0.05) is 22.2 Å². The van der Waals surface area contributed by atoms with E-state index in [2.05, 4.69) is 19.2 Å². The molecule has 112 valence electrons. The zero-order valence-corrected chi connectivity index (χ0v) is 13.6. The molecule has 2 unspecified atom stereocenters. The van der Waals surface area contributed by atoms with E-state index >= 15 is 0 Å². The molecular weight excluding hydrogens is 296 g/mol. The molecule has 0 fully saturated rings. The Kier molecular flexibility index (Phi) is 6.49. The molecule has 2 atom stereocenters. The minimum absolute atomic E-state index is 0.293. The molecule has 0 spiro atoms. The highest BCUT2D eigenvalue weighted by molar-refractivity contribution is 7.86. The van der Waals surface area contributed by atoms with Gasteiger partial charge < -0.3 is 11.1 Å². The van der Waals surface area contributed by atoms with Crippen molar-refractivity contribution in [2.75, 3.05) is 16.8 Å². The topological polar surface area (TPSA) is 72.2 Å². The molecule has 4 nitrogen and oxygen atoms in total. The first kappa shape index (κ1) is 17.0. The van der Waals surface area contributed by atoms with Gasteiger partial charge in [-0.25, -0.2) is 0 Å². The van der Waals surface area contributed by atoms with Crippen molar-refractivity contribution < 1.29 is 9.00 Å². The lowest BCUT2D eigenvalue weighted by molar-refractivity contribution is -0.115. The van der Waals surface area contributed by atoms with Gasteiger partial charge in [0.1, 0.15) is 5.25 Å². The number of carbonyl (C=O) groups is 1. The average Bonchev–Trinajstić information content (AvgIpc) is 2.38. The molecule has 0 heterocycles. The van der Waals surface area contributed by atoms with Crippen molar-refractivity contribution in [1.82, 2.24) is 0 Å². The zero-order chi connectivity index (χ0) is 15.3. The molecule has 0 aliphatic heterocycles. The third kappa shape index (κ3) is 5.13. The number of rotatable bonds is 6. The summed E-state index contributed by atoms with van der Waals surface area (Å²) in [5.41, 5.74) is 6.60. The van der Waals surface area contributed by atoms with Crippen LogP contribution in [0.5, 0.6) is 0 Å². The van der Waals surface area contributed by atoms with Gasteiger partial charge in [-0.15, -0.1) is 0 Å². The van der Waals surface area contributed by atoms with Crippen molar-refractivity contribution in [2.45, 2.75) is 32.4 Å². The summed E-state index contributed by atoms with van der Waals surface area (Å²) in [6, 6.07) is 4.86. The van der Waals surface area contributed by atoms with Gasteiger partial charge in [0.15, 0.2) is 0 Å². The van der Waals surface area contributed by atoms with Gasteiger partial charge in [0.05, 0.1) is 10.7 Å². The smallest absolute Gasteiger partial charge is 0.239 e. The maximum absolute atomic E-state index is 12.0. The number of halogens is 1. The summed E-state index contributed by atoms with van der Waals surface area (Å²) in [4.78, 5) is 12.0. The molecule has 0 aliphatic carbocycles. The highest BCUT2D eigenvalue weighted by atomic mass is 35.5. The predicted octanol–water partition coefficient (Wildman–Crippen LogP) is 3.04. The van der Waals surface area contributed by atoms with E-state index in [1.807, 2.05) is 0 Å². The number of hydrogen-bond donors (Lipinski definition) is 2. The summed E-state index contributed by atoms with van der Waals surface area (Å²) in [7, 11) is -1.18. The van der Waals surface area contributed by atoms with Crippen molar-refractivity contribution in [2.24, 2.45) is 5.92 Å². The van der Waals surface area contributed by atoms with Crippen molar-refractivity contribution >= 4 is 39.7 Å². The van der Waals surface area contributed by atoms with Crippen LogP contribution >= 0.6 is 11.6 Å². The summed E-state index contributed by atoms with van der Waals surface area (Å²) in [6.45, 7) is 5.79. The molecule has 1 rings (SSSR count). The van der Waals surface area contributed by atoms with E-state index in [1.54, 1.807) is 25.1 Å². The molecule has 0 aromatic heterocycles. The first-order valence-corrected chi connectivity index (χ1v) is 8.30. The van der Waals surface area contributed by atoms with Gasteiger partial charge in [-0.05, 0) is 37.5 Å². The second-order valence-electron chi connectivity index (χ2n) is 5.14. The van der Waals surface area contributed by atoms with Crippen LogP contribution in [0.25, 0.3) is 0 Å². The predicted molar refractivity (Wildman–Crippen MR) is 86.4 cm³/mol. The summed E-state index contributed by atoms with van der Waals surface area (Å²) in [5.74, 6) is 0.710.